The number of anilines is 1. The zero-order valence-electron chi connectivity index (χ0n) is 15.6. The molecule has 1 rings (SSSR count). The molecule has 0 spiro atoms. The molecule has 6 nitrogen and oxygen atoms in total. The third kappa shape index (κ3) is 8.33. The maximum absolute atomic E-state index is 12.0. The highest BCUT2D eigenvalue weighted by Gasteiger charge is 2.09. The van der Waals surface area contributed by atoms with E-state index in [2.05, 4.69) is 16.0 Å². The largest absolute Gasteiger partial charge is 0.356 e. The van der Waals surface area contributed by atoms with E-state index in [-0.39, 0.29) is 24.3 Å². The quantitative estimate of drug-likeness (QED) is 0.599. The molecular formula is C19H29N3O3. The van der Waals surface area contributed by atoms with Crippen LogP contribution in [0.15, 0.2) is 12.1 Å². The summed E-state index contributed by atoms with van der Waals surface area (Å²) in [6.45, 7) is 8.01. The summed E-state index contributed by atoms with van der Waals surface area (Å²) in [5.41, 5.74) is 3.98. The van der Waals surface area contributed by atoms with Crippen molar-refractivity contribution in [2.75, 3.05) is 18.4 Å². The second-order valence-electron chi connectivity index (χ2n) is 6.39. The van der Waals surface area contributed by atoms with Crippen LogP contribution in [0.25, 0.3) is 0 Å². The third-order valence-electron chi connectivity index (χ3n) is 3.84. The maximum Gasteiger partial charge on any atom is 0.243 e. The molecule has 0 fully saturated rings. The lowest BCUT2D eigenvalue weighted by Crippen LogP contribution is -2.33. The highest BCUT2D eigenvalue weighted by atomic mass is 16.2. The number of aryl methyl sites for hydroxylation is 3. The summed E-state index contributed by atoms with van der Waals surface area (Å²) in [6, 6.07) is 4.03. The zero-order chi connectivity index (χ0) is 18.8. The minimum atomic E-state index is -0.228. The molecule has 1 aromatic rings. The van der Waals surface area contributed by atoms with E-state index in [1.807, 2.05) is 32.9 Å². The van der Waals surface area contributed by atoms with Crippen molar-refractivity contribution in [3.63, 3.8) is 0 Å². The second-order valence-corrected chi connectivity index (χ2v) is 6.39. The third-order valence-corrected chi connectivity index (χ3v) is 3.84. The number of nitrogens with one attached hydrogen (secondary N) is 3. The first kappa shape index (κ1) is 20.7. The fourth-order valence-corrected chi connectivity index (χ4v) is 2.68. The Morgan fingerprint density at radius 1 is 0.880 bits per heavy atom. The Balaban J connectivity index is 2.25. The van der Waals surface area contributed by atoms with Gasteiger partial charge in [0.2, 0.25) is 17.7 Å². The lowest BCUT2D eigenvalue weighted by Gasteiger charge is -2.13. The van der Waals surface area contributed by atoms with E-state index in [1.54, 1.807) is 0 Å². The van der Waals surface area contributed by atoms with E-state index in [0.29, 0.717) is 13.0 Å². The van der Waals surface area contributed by atoms with Gasteiger partial charge < -0.3 is 16.0 Å². The molecule has 0 saturated carbocycles. The first-order valence-corrected chi connectivity index (χ1v) is 8.68. The average molecular weight is 347 g/mol. The van der Waals surface area contributed by atoms with Crippen molar-refractivity contribution in [1.29, 1.82) is 0 Å². The van der Waals surface area contributed by atoms with E-state index < -0.39 is 0 Å². The number of unbranched alkanes of at least 4 members (excludes halogenated alkanes) is 2. The monoisotopic (exact) mass is 347 g/mol. The number of rotatable bonds is 9. The van der Waals surface area contributed by atoms with Gasteiger partial charge in [0, 0.05) is 25.6 Å². The van der Waals surface area contributed by atoms with E-state index >= 15 is 0 Å². The summed E-state index contributed by atoms with van der Waals surface area (Å²) in [7, 11) is 0. The van der Waals surface area contributed by atoms with Crippen molar-refractivity contribution in [3.8, 4) is 0 Å². The van der Waals surface area contributed by atoms with Crippen molar-refractivity contribution in [2.24, 2.45) is 0 Å². The van der Waals surface area contributed by atoms with E-state index in [4.69, 9.17) is 0 Å². The normalized spacial score (nSPS) is 10.2. The smallest absolute Gasteiger partial charge is 0.243 e. The van der Waals surface area contributed by atoms with Crippen LogP contribution in [0.2, 0.25) is 0 Å². The van der Waals surface area contributed by atoms with Crippen LogP contribution in [0.5, 0.6) is 0 Å². The molecule has 0 saturated heterocycles. The minimum Gasteiger partial charge on any atom is -0.356 e. The summed E-state index contributed by atoms with van der Waals surface area (Å²) in [6.07, 6.45) is 2.83. The predicted octanol–water partition coefficient (Wildman–Crippen LogP) is 2.36. The second kappa shape index (κ2) is 10.5. The van der Waals surface area contributed by atoms with Crippen LogP contribution in [0, 0.1) is 20.8 Å². The van der Waals surface area contributed by atoms with Gasteiger partial charge in [0.25, 0.3) is 0 Å². The van der Waals surface area contributed by atoms with Gasteiger partial charge in [0.1, 0.15) is 0 Å². The van der Waals surface area contributed by atoms with Crippen LogP contribution in [0.3, 0.4) is 0 Å². The molecule has 0 aliphatic carbocycles. The van der Waals surface area contributed by atoms with Gasteiger partial charge in [-0.05, 0) is 44.7 Å². The summed E-state index contributed by atoms with van der Waals surface area (Å²) in [5, 5.41) is 8.22. The molecule has 0 radical (unpaired) electrons. The van der Waals surface area contributed by atoms with E-state index in [0.717, 1.165) is 41.6 Å². The van der Waals surface area contributed by atoms with Crippen LogP contribution >= 0.6 is 0 Å². The Hall–Kier alpha value is -2.37. The minimum absolute atomic E-state index is 0.0303. The molecule has 0 aliphatic rings. The fraction of sp³-hybridized carbons (Fsp3) is 0.526. The van der Waals surface area contributed by atoms with Crippen molar-refractivity contribution >= 4 is 23.4 Å². The van der Waals surface area contributed by atoms with Gasteiger partial charge in [0.05, 0.1) is 6.54 Å². The van der Waals surface area contributed by atoms with Gasteiger partial charge in [-0.1, -0.05) is 24.1 Å². The molecule has 0 atom stereocenters. The summed E-state index contributed by atoms with van der Waals surface area (Å²) in [5.74, 6) is -0.399. The molecule has 0 heterocycles. The highest BCUT2D eigenvalue weighted by Crippen LogP contribution is 2.21. The first-order chi connectivity index (χ1) is 11.8. The summed E-state index contributed by atoms with van der Waals surface area (Å²) < 4.78 is 0. The molecule has 0 unspecified atom stereocenters. The van der Waals surface area contributed by atoms with Gasteiger partial charge in [0.15, 0.2) is 0 Å². The molecule has 0 bridgehead atoms. The first-order valence-electron chi connectivity index (χ1n) is 8.68. The van der Waals surface area contributed by atoms with Gasteiger partial charge in [-0.15, -0.1) is 0 Å². The molecule has 0 aliphatic heterocycles. The van der Waals surface area contributed by atoms with Gasteiger partial charge >= 0.3 is 0 Å². The Kier molecular flexibility index (Phi) is 8.67. The van der Waals surface area contributed by atoms with Crippen molar-refractivity contribution in [1.82, 2.24) is 10.6 Å². The van der Waals surface area contributed by atoms with Crippen LogP contribution in [-0.4, -0.2) is 30.8 Å². The van der Waals surface area contributed by atoms with Crippen LogP contribution < -0.4 is 16.0 Å². The summed E-state index contributed by atoms with van der Waals surface area (Å²) in [4.78, 5) is 34.5. The van der Waals surface area contributed by atoms with Gasteiger partial charge in [-0.2, -0.15) is 0 Å². The number of carbonyl (C=O) groups is 3. The predicted molar refractivity (Wildman–Crippen MR) is 99.4 cm³/mol. The van der Waals surface area contributed by atoms with E-state index in [9.17, 15) is 14.4 Å². The van der Waals surface area contributed by atoms with Gasteiger partial charge in [-0.25, -0.2) is 0 Å². The zero-order valence-corrected chi connectivity index (χ0v) is 15.6. The molecule has 3 N–H and O–H groups in total. The number of hydrogen-bond donors (Lipinski definition) is 3. The lowest BCUT2D eigenvalue weighted by molar-refractivity contribution is -0.124. The Bertz CT molecular complexity index is 603. The average Bonchev–Trinajstić information content (AvgIpc) is 2.52. The number of hydrogen-bond acceptors (Lipinski definition) is 3. The molecule has 25 heavy (non-hydrogen) atoms. The highest BCUT2D eigenvalue weighted by molar-refractivity contribution is 5.95. The Morgan fingerprint density at radius 2 is 1.52 bits per heavy atom. The van der Waals surface area contributed by atoms with Crippen LogP contribution in [0.1, 0.15) is 49.3 Å². The Labute approximate surface area is 149 Å². The van der Waals surface area contributed by atoms with Crippen LogP contribution in [0.4, 0.5) is 5.69 Å². The molecule has 138 valence electrons. The van der Waals surface area contributed by atoms with Crippen molar-refractivity contribution in [3.05, 3.63) is 28.8 Å². The molecule has 0 aromatic heterocycles. The molecule has 1 aromatic carbocycles. The molecular weight excluding hydrogens is 318 g/mol. The number of benzene rings is 1. The molecule has 3 amide bonds. The topological polar surface area (TPSA) is 87.3 Å². The maximum atomic E-state index is 12.0. The van der Waals surface area contributed by atoms with Gasteiger partial charge in [-0.3, -0.25) is 14.4 Å². The fourth-order valence-electron chi connectivity index (χ4n) is 2.68. The SMILES string of the molecule is CC(=O)NCCCCCC(=O)NCC(=O)Nc1c(C)cc(C)cc1C. The number of carbonyl (C=O) groups excluding carboxylic acids is 3. The van der Waals surface area contributed by atoms with Crippen LogP contribution in [-0.2, 0) is 14.4 Å². The van der Waals surface area contributed by atoms with Crippen molar-refractivity contribution in [2.45, 2.75) is 53.4 Å². The number of amides is 3. The summed E-state index contributed by atoms with van der Waals surface area (Å²) >= 11 is 0. The lowest BCUT2D eigenvalue weighted by atomic mass is 10.1. The molecule has 6 heteroatoms. The Morgan fingerprint density at radius 3 is 2.12 bits per heavy atom. The van der Waals surface area contributed by atoms with Crippen molar-refractivity contribution < 1.29 is 14.4 Å². The standard InChI is InChI=1S/C19H29N3O3/c1-13-10-14(2)19(15(3)11-13)22-18(25)12-21-17(24)8-6-5-7-9-20-16(4)23/h10-11H,5-9,12H2,1-4H3,(H,20,23)(H,21,24)(H,22,25). The van der Waals surface area contributed by atoms with E-state index in [1.165, 1.54) is 6.92 Å².